The van der Waals surface area contributed by atoms with Crippen molar-refractivity contribution in [3.05, 3.63) is 70.1 Å². The molecule has 134 valence electrons. The number of carbonyl (C=O) groups excluding carboxylic acids is 1. The van der Waals surface area contributed by atoms with Gasteiger partial charge >= 0.3 is 0 Å². The van der Waals surface area contributed by atoms with Crippen molar-refractivity contribution in [1.29, 1.82) is 0 Å². The van der Waals surface area contributed by atoms with Crippen LogP contribution in [0.3, 0.4) is 0 Å². The Bertz CT molecular complexity index is 894. The normalized spacial score (nSPS) is 21.2. The molecule has 1 aromatic heterocycles. The van der Waals surface area contributed by atoms with Crippen molar-refractivity contribution < 1.29 is 4.79 Å². The fourth-order valence-corrected chi connectivity index (χ4v) is 5.05. The second-order valence-electron chi connectivity index (χ2n) is 6.95. The van der Waals surface area contributed by atoms with Gasteiger partial charge in [0.1, 0.15) is 4.32 Å². The largest absolute Gasteiger partial charge is 0.356 e. The lowest BCUT2D eigenvalue weighted by Gasteiger charge is -2.43. The number of ketones is 1. The van der Waals surface area contributed by atoms with Crippen LogP contribution in [0.4, 0.5) is 0 Å². The molecule has 0 N–H and O–H groups in total. The summed E-state index contributed by atoms with van der Waals surface area (Å²) in [6, 6.07) is 14.9. The Hall–Kier alpha value is -1.92. The number of pyridine rings is 1. The first-order chi connectivity index (χ1) is 12.6. The van der Waals surface area contributed by atoms with E-state index in [-0.39, 0.29) is 11.3 Å². The third-order valence-electron chi connectivity index (χ3n) is 5.16. The van der Waals surface area contributed by atoms with Gasteiger partial charge in [-0.2, -0.15) is 0 Å². The zero-order chi connectivity index (χ0) is 18.1. The van der Waals surface area contributed by atoms with Gasteiger partial charge in [-0.3, -0.25) is 9.59 Å². The van der Waals surface area contributed by atoms with Gasteiger partial charge in [-0.1, -0.05) is 60.4 Å². The molecule has 0 aliphatic carbocycles. The Labute approximate surface area is 162 Å². The van der Waals surface area contributed by atoms with E-state index in [0.717, 1.165) is 41.6 Å². The highest BCUT2D eigenvalue weighted by molar-refractivity contribution is 8.23. The van der Waals surface area contributed by atoms with E-state index in [1.165, 1.54) is 11.8 Å². The maximum Gasteiger partial charge on any atom is 0.250 e. The van der Waals surface area contributed by atoms with Crippen molar-refractivity contribution in [3.8, 4) is 0 Å². The van der Waals surface area contributed by atoms with Crippen LogP contribution in [0.25, 0.3) is 0 Å². The second kappa shape index (κ2) is 7.37. The highest BCUT2D eigenvalue weighted by Gasteiger charge is 2.35. The summed E-state index contributed by atoms with van der Waals surface area (Å²) >= 11 is 7.06. The zero-order valence-electron chi connectivity index (χ0n) is 14.3. The number of likely N-dealkylation sites (tertiary alicyclic amines) is 1. The molecule has 6 heteroatoms. The van der Waals surface area contributed by atoms with Crippen molar-refractivity contribution in [2.45, 2.75) is 18.9 Å². The Morgan fingerprint density at radius 1 is 1.08 bits per heavy atom. The van der Waals surface area contributed by atoms with Crippen molar-refractivity contribution >= 4 is 34.1 Å². The monoisotopic (exact) mass is 384 g/mol. The van der Waals surface area contributed by atoms with Crippen LogP contribution < -0.4 is 5.56 Å². The molecule has 1 aromatic carbocycles. The number of aromatic nitrogens is 1. The molecule has 0 radical (unpaired) electrons. The molecular formula is C20H20N2O2S2. The maximum absolute atomic E-state index is 12.3. The summed E-state index contributed by atoms with van der Waals surface area (Å²) in [6.07, 6.45) is 1.11. The number of thiocarbonyl (C=S) groups is 1. The predicted octanol–water partition coefficient (Wildman–Crippen LogP) is 3.17. The predicted molar refractivity (Wildman–Crippen MR) is 109 cm³/mol. The van der Waals surface area contributed by atoms with E-state index in [1.807, 2.05) is 41.0 Å². The van der Waals surface area contributed by atoms with Gasteiger partial charge < -0.3 is 9.47 Å². The molecule has 0 saturated carbocycles. The molecule has 2 bridgehead atoms. The van der Waals surface area contributed by atoms with Crippen LogP contribution in [-0.2, 0) is 6.54 Å². The smallest absolute Gasteiger partial charge is 0.250 e. The Balaban J connectivity index is 1.41. The van der Waals surface area contributed by atoms with Gasteiger partial charge in [0.2, 0.25) is 0 Å². The first kappa shape index (κ1) is 17.5. The van der Waals surface area contributed by atoms with E-state index in [0.29, 0.717) is 17.6 Å². The third kappa shape index (κ3) is 3.48. The van der Waals surface area contributed by atoms with Crippen LogP contribution in [0.1, 0.15) is 28.4 Å². The van der Waals surface area contributed by atoms with Gasteiger partial charge in [-0.15, -0.1) is 0 Å². The van der Waals surface area contributed by atoms with E-state index < -0.39 is 0 Å². The Morgan fingerprint density at radius 2 is 1.88 bits per heavy atom. The number of fused-ring (bicyclic) bond motifs is 4. The molecule has 0 amide bonds. The molecule has 1 fully saturated rings. The lowest BCUT2D eigenvalue weighted by molar-refractivity contribution is 0.102. The van der Waals surface area contributed by atoms with Gasteiger partial charge in [-0.25, -0.2) is 0 Å². The van der Waals surface area contributed by atoms with Crippen LogP contribution in [-0.4, -0.2) is 38.4 Å². The molecule has 2 aliphatic heterocycles. The number of hydrogen-bond donors (Lipinski definition) is 0. The summed E-state index contributed by atoms with van der Waals surface area (Å²) in [4.78, 5) is 26.6. The maximum atomic E-state index is 12.3. The minimum Gasteiger partial charge on any atom is -0.356 e. The molecule has 0 unspecified atom stereocenters. The van der Waals surface area contributed by atoms with Crippen LogP contribution >= 0.6 is 24.0 Å². The van der Waals surface area contributed by atoms with Gasteiger partial charge in [0, 0.05) is 42.9 Å². The molecular weight excluding hydrogens is 364 g/mol. The van der Waals surface area contributed by atoms with E-state index in [4.69, 9.17) is 12.2 Å². The molecule has 4 rings (SSSR count). The van der Waals surface area contributed by atoms with Crippen LogP contribution in [0.2, 0.25) is 0 Å². The summed E-state index contributed by atoms with van der Waals surface area (Å²) in [5.74, 6) is 1.24. The number of thioether (sulfide) groups is 1. The highest BCUT2D eigenvalue weighted by atomic mass is 32.2. The van der Waals surface area contributed by atoms with Gasteiger partial charge in [0.15, 0.2) is 5.78 Å². The summed E-state index contributed by atoms with van der Waals surface area (Å²) < 4.78 is 2.71. The SMILES string of the molecule is O=C(CSC(=S)N1C[C@H]2C[C@@H](C1)c1cccc(=O)n1C2)c1ccccc1. The van der Waals surface area contributed by atoms with Crippen molar-refractivity contribution in [2.75, 3.05) is 18.8 Å². The fraction of sp³-hybridized carbons (Fsp3) is 0.350. The number of Topliss-reactive ketones (excluding diaryl/α,β-unsaturated/α-hetero) is 1. The van der Waals surface area contributed by atoms with Crippen LogP contribution in [0.15, 0.2) is 53.3 Å². The molecule has 2 atom stereocenters. The number of piperidine rings is 1. The number of carbonyl (C=O) groups is 1. The van der Waals surface area contributed by atoms with Gasteiger partial charge in [0.05, 0.1) is 5.75 Å². The van der Waals surface area contributed by atoms with Crippen LogP contribution in [0.5, 0.6) is 0 Å². The summed E-state index contributed by atoms with van der Waals surface area (Å²) in [6.45, 7) is 2.45. The van der Waals surface area contributed by atoms with E-state index in [9.17, 15) is 9.59 Å². The Kier molecular flexibility index (Phi) is 4.96. The molecule has 4 nitrogen and oxygen atoms in total. The van der Waals surface area contributed by atoms with Gasteiger partial charge in [-0.05, 0) is 18.4 Å². The quantitative estimate of drug-likeness (QED) is 0.601. The average Bonchev–Trinajstić information content (AvgIpc) is 2.67. The second-order valence-corrected chi connectivity index (χ2v) is 8.56. The number of nitrogens with zero attached hydrogens (tertiary/aromatic N) is 2. The van der Waals surface area contributed by atoms with Crippen molar-refractivity contribution in [2.24, 2.45) is 5.92 Å². The first-order valence-corrected chi connectivity index (χ1v) is 10.2. The summed E-state index contributed by atoms with van der Waals surface area (Å²) in [5, 5.41) is 0. The molecule has 3 heterocycles. The third-order valence-corrected chi connectivity index (χ3v) is 6.68. The standard InChI is InChI=1S/C20H20N2O2S2/c23-18(15-5-2-1-3-6-15)13-26-20(25)21-10-14-9-16(12-21)17-7-4-8-19(24)22(17)11-14/h1-8,14,16H,9-13H2/t14-,16+/m1/s1. The molecule has 1 saturated heterocycles. The van der Waals surface area contributed by atoms with Crippen molar-refractivity contribution in [1.82, 2.24) is 9.47 Å². The lowest BCUT2D eigenvalue weighted by Crippen LogP contribution is -2.48. The number of rotatable bonds is 3. The zero-order valence-corrected chi connectivity index (χ0v) is 16.0. The molecule has 26 heavy (non-hydrogen) atoms. The average molecular weight is 385 g/mol. The van der Waals surface area contributed by atoms with Crippen LogP contribution in [0, 0.1) is 5.92 Å². The van der Waals surface area contributed by atoms with E-state index >= 15 is 0 Å². The summed E-state index contributed by atoms with van der Waals surface area (Å²) in [7, 11) is 0. The minimum absolute atomic E-state index is 0.0936. The molecule has 2 aromatic rings. The van der Waals surface area contributed by atoms with E-state index in [1.54, 1.807) is 6.07 Å². The topological polar surface area (TPSA) is 42.3 Å². The highest BCUT2D eigenvalue weighted by Crippen LogP contribution is 2.36. The fourth-order valence-electron chi connectivity index (χ4n) is 3.97. The number of benzene rings is 1. The van der Waals surface area contributed by atoms with Gasteiger partial charge in [0.25, 0.3) is 5.56 Å². The number of hydrogen-bond acceptors (Lipinski definition) is 4. The van der Waals surface area contributed by atoms with E-state index in [2.05, 4.69) is 11.0 Å². The minimum atomic E-state index is 0.0936. The molecule has 2 aliphatic rings. The Morgan fingerprint density at radius 3 is 2.69 bits per heavy atom. The molecule has 0 spiro atoms. The lowest BCUT2D eigenvalue weighted by atomic mass is 9.83. The van der Waals surface area contributed by atoms with Crippen molar-refractivity contribution in [3.63, 3.8) is 0 Å². The first-order valence-electron chi connectivity index (χ1n) is 8.81. The summed E-state index contributed by atoms with van der Waals surface area (Å²) in [5.41, 5.74) is 1.94.